The van der Waals surface area contributed by atoms with Crippen molar-refractivity contribution in [3.05, 3.63) is 21.9 Å². The number of carboxylic acids is 1. The molecule has 0 radical (unpaired) electrons. The number of carboxylic acid groups (broad SMARTS) is 1. The van der Waals surface area contributed by atoms with E-state index >= 15 is 0 Å². The molecule has 2 heterocycles. The van der Waals surface area contributed by atoms with Crippen molar-refractivity contribution >= 4 is 23.2 Å². The molecule has 20 heavy (non-hydrogen) atoms. The van der Waals surface area contributed by atoms with E-state index in [4.69, 9.17) is 4.74 Å². The van der Waals surface area contributed by atoms with Crippen LogP contribution in [0.2, 0.25) is 0 Å². The van der Waals surface area contributed by atoms with Crippen LogP contribution in [0, 0.1) is 6.92 Å². The number of morpholine rings is 1. The Morgan fingerprint density at radius 3 is 2.55 bits per heavy atom. The molecule has 1 amide bonds. The summed E-state index contributed by atoms with van der Waals surface area (Å²) in [6, 6.07) is 3.23. The van der Waals surface area contributed by atoms with Crippen molar-refractivity contribution in [3.63, 3.8) is 0 Å². The van der Waals surface area contributed by atoms with E-state index in [9.17, 15) is 14.7 Å². The maximum Gasteiger partial charge on any atom is 0.335 e. The molecule has 110 valence electrons. The lowest BCUT2D eigenvalue weighted by molar-refractivity contribution is -0.179. The van der Waals surface area contributed by atoms with Gasteiger partial charge in [0.2, 0.25) is 5.91 Å². The SMILES string of the molecule is Cc1ccc(C2C(C(=O)O)OCC(=O)N2C(C)(C)C)s1. The molecule has 5 nitrogen and oxygen atoms in total. The van der Waals surface area contributed by atoms with Crippen molar-refractivity contribution in [3.8, 4) is 0 Å². The van der Waals surface area contributed by atoms with Crippen LogP contribution in [0.25, 0.3) is 0 Å². The number of amides is 1. The maximum atomic E-state index is 12.2. The number of ether oxygens (including phenoxy) is 1. The molecule has 0 spiro atoms. The molecule has 2 atom stereocenters. The summed E-state index contributed by atoms with van der Waals surface area (Å²) >= 11 is 1.50. The fraction of sp³-hybridized carbons (Fsp3) is 0.571. The molecule has 2 rings (SSSR count). The summed E-state index contributed by atoms with van der Waals surface area (Å²) in [5, 5.41) is 9.39. The third-order valence-corrected chi connectivity index (χ3v) is 4.31. The lowest BCUT2D eigenvalue weighted by Gasteiger charge is -2.46. The molecular formula is C14H19NO4S. The van der Waals surface area contributed by atoms with E-state index in [2.05, 4.69) is 0 Å². The number of carbonyl (C=O) groups is 2. The molecular weight excluding hydrogens is 278 g/mol. The smallest absolute Gasteiger partial charge is 0.335 e. The molecule has 1 fully saturated rings. The van der Waals surface area contributed by atoms with Gasteiger partial charge in [0.05, 0.1) is 0 Å². The molecule has 1 aromatic rings. The van der Waals surface area contributed by atoms with E-state index in [1.165, 1.54) is 11.3 Å². The van der Waals surface area contributed by atoms with Gasteiger partial charge in [-0.15, -0.1) is 11.3 Å². The normalized spacial score (nSPS) is 24.0. The van der Waals surface area contributed by atoms with E-state index in [0.717, 1.165) is 9.75 Å². The van der Waals surface area contributed by atoms with Crippen LogP contribution in [0.5, 0.6) is 0 Å². The van der Waals surface area contributed by atoms with Gasteiger partial charge in [0, 0.05) is 15.3 Å². The Hall–Kier alpha value is -1.40. The minimum absolute atomic E-state index is 0.175. The Labute approximate surface area is 122 Å². The molecule has 1 aliphatic heterocycles. The zero-order chi connectivity index (χ0) is 15.1. The first-order valence-electron chi connectivity index (χ1n) is 6.44. The van der Waals surface area contributed by atoms with Gasteiger partial charge in [-0.1, -0.05) is 0 Å². The van der Waals surface area contributed by atoms with Gasteiger partial charge in [0.25, 0.3) is 0 Å². The first-order chi connectivity index (χ1) is 9.21. The van der Waals surface area contributed by atoms with Crippen molar-refractivity contribution in [2.24, 2.45) is 0 Å². The monoisotopic (exact) mass is 297 g/mol. The van der Waals surface area contributed by atoms with Crippen molar-refractivity contribution in [2.45, 2.75) is 45.4 Å². The Balaban J connectivity index is 2.50. The summed E-state index contributed by atoms with van der Waals surface area (Å²) in [7, 11) is 0. The van der Waals surface area contributed by atoms with E-state index in [1.807, 2.05) is 39.8 Å². The topological polar surface area (TPSA) is 66.8 Å². The number of hydrogen-bond acceptors (Lipinski definition) is 4. The van der Waals surface area contributed by atoms with Crippen LogP contribution in [0.1, 0.15) is 36.6 Å². The molecule has 1 aliphatic rings. The third-order valence-electron chi connectivity index (χ3n) is 3.24. The standard InChI is InChI=1S/C14H19NO4S/c1-8-5-6-9(20-8)11-12(13(17)18)19-7-10(16)15(11)14(2,3)4/h5-6,11-12H,7H2,1-4H3,(H,17,18). The summed E-state index contributed by atoms with van der Waals surface area (Å²) < 4.78 is 5.27. The number of rotatable bonds is 2. The highest BCUT2D eigenvalue weighted by Gasteiger charge is 2.46. The quantitative estimate of drug-likeness (QED) is 0.909. The molecule has 2 unspecified atom stereocenters. The molecule has 0 saturated carbocycles. The fourth-order valence-electron chi connectivity index (χ4n) is 2.50. The number of aliphatic carboxylic acids is 1. The Bertz CT molecular complexity index is 532. The first-order valence-corrected chi connectivity index (χ1v) is 7.26. The Morgan fingerprint density at radius 2 is 2.10 bits per heavy atom. The van der Waals surface area contributed by atoms with E-state index in [0.29, 0.717) is 0 Å². The first kappa shape index (κ1) is 15.0. The second-order valence-corrected chi connectivity index (χ2v) is 7.22. The fourth-order valence-corrected chi connectivity index (χ4v) is 3.49. The molecule has 0 aromatic carbocycles. The Morgan fingerprint density at radius 1 is 1.45 bits per heavy atom. The van der Waals surface area contributed by atoms with Crippen LogP contribution < -0.4 is 0 Å². The lowest BCUT2D eigenvalue weighted by atomic mass is 9.96. The van der Waals surface area contributed by atoms with E-state index in [-0.39, 0.29) is 12.5 Å². The predicted octanol–water partition coefficient (Wildman–Crippen LogP) is 2.21. The second kappa shape index (κ2) is 5.18. The summed E-state index contributed by atoms with van der Waals surface area (Å²) in [6.45, 7) is 7.49. The predicted molar refractivity (Wildman–Crippen MR) is 75.8 cm³/mol. The molecule has 0 aliphatic carbocycles. The minimum atomic E-state index is -1.04. The zero-order valence-corrected chi connectivity index (χ0v) is 12.9. The molecule has 1 N–H and O–H groups in total. The largest absolute Gasteiger partial charge is 0.479 e. The number of carbonyl (C=O) groups excluding carboxylic acids is 1. The van der Waals surface area contributed by atoms with E-state index in [1.54, 1.807) is 4.90 Å². The zero-order valence-electron chi connectivity index (χ0n) is 12.0. The van der Waals surface area contributed by atoms with Gasteiger partial charge in [0.15, 0.2) is 6.10 Å². The highest BCUT2D eigenvalue weighted by atomic mass is 32.1. The summed E-state index contributed by atoms with van der Waals surface area (Å²) in [4.78, 5) is 27.2. The minimum Gasteiger partial charge on any atom is -0.479 e. The van der Waals surface area contributed by atoms with E-state index < -0.39 is 23.7 Å². The van der Waals surface area contributed by atoms with Crippen LogP contribution in [0.15, 0.2) is 12.1 Å². The second-order valence-electron chi connectivity index (χ2n) is 5.90. The summed E-state index contributed by atoms with van der Waals surface area (Å²) in [5.41, 5.74) is -0.461. The number of hydrogen-bond donors (Lipinski definition) is 1. The van der Waals surface area contributed by atoms with Gasteiger partial charge in [0.1, 0.15) is 12.6 Å². The number of nitrogens with zero attached hydrogens (tertiary/aromatic N) is 1. The lowest BCUT2D eigenvalue weighted by Crippen LogP contribution is -2.58. The van der Waals surface area contributed by atoms with Gasteiger partial charge in [-0.3, -0.25) is 4.79 Å². The van der Waals surface area contributed by atoms with Crippen molar-refractivity contribution in [2.75, 3.05) is 6.61 Å². The average Bonchev–Trinajstić information content (AvgIpc) is 2.73. The van der Waals surface area contributed by atoms with Crippen LogP contribution in [-0.4, -0.2) is 40.1 Å². The maximum absolute atomic E-state index is 12.2. The molecule has 1 saturated heterocycles. The third kappa shape index (κ3) is 2.71. The van der Waals surface area contributed by atoms with Crippen LogP contribution in [0.3, 0.4) is 0 Å². The van der Waals surface area contributed by atoms with Gasteiger partial charge >= 0.3 is 5.97 Å². The van der Waals surface area contributed by atoms with Gasteiger partial charge in [-0.2, -0.15) is 0 Å². The van der Waals surface area contributed by atoms with Gasteiger partial charge in [-0.25, -0.2) is 4.79 Å². The summed E-state index contributed by atoms with van der Waals surface area (Å²) in [5.74, 6) is -1.21. The molecule has 0 bridgehead atoms. The number of aryl methyl sites for hydroxylation is 1. The van der Waals surface area contributed by atoms with Crippen molar-refractivity contribution in [1.29, 1.82) is 0 Å². The molecule has 1 aromatic heterocycles. The van der Waals surface area contributed by atoms with Crippen LogP contribution in [-0.2, 0) is 14.3 Å². The van der Waals surface area contributed by atoms with Crippen molar-refractivity contribution in [1.82, 2.24) is 4.90 Å². The molecule has 6 heteroatoms. The van der Waals surface area contributed by atoms with Gasteiger partial charge in [-0.05, 0) is 39.8 Å². The number of thiophene rings is 1. The highest BCUT2D eigenvalue weighted by molar-refractivity contribution is 7.12. The Kier molecular flexibility index (Phi) is 3.88. The van der Waals surface area contributed by atoms with Crippen LogP contribution in [0.4, 0.5) is 0 Å². The average molecular weight is 297 g/mol. The summed E-state index contributed by atoms with van der Waals surface area (Å²) in [6.07, 6.45) is -1.02. The highest BCUT2D eigenvalue weighted by Crippen LogP contribution is 2.38. The van der Waals surface area contributed by atoms with Crippen molar-refractivity contribution < 1.29 is 19.4 Å². The van der Waals surface area contributed by atoms with Gasteiger partial charge < -0.3 is 14.7 Å². The van der Waals surface area contributed by atoms with Crippen LogP contribution >= 0.6 is 11.3 Å².